The Balaban J connectivity index is 1.97. The molecule has 0 saturated carbocycles. The van der Waals surface area contributed by atoms with Crippen molar-refractivity contribution in [3.63, 3.8) is 0 Å². The number of benzene rings is 2. The first-order valence-electron chi connectivity index (χ1n) is 7.07. The number of rotatable bonds is 3. The third-order valence-corrected chi connectivity index (χ3v) is 4.45. The lowest BCUT2D eigenvalue weighted by atomic mass is 9.99. The van der Waals surface area contributed by atoms with Gasteiger partial charge >= 0.3 is 0 Å². The Morgan fingerprint density at radius 3 is 2.57 bits per heavy atom. The average molecular weight is 343 g/mol. The van der Waals surface area contributed by atoms with Crippen LogP contribution in [-0.4, -0.2) is 19.1 Å². The molecule has 0 aliphatic rings. The molecule has 0 unspecified atom stereocenters. The van der Waals surface area contributed by atoms with Crippen LogP contribution < -0.4 is 4.90 Å². The summed E-state index contributed by atoms with van der Waals surface area (Å²) in [4.78, 5) is 5.49. The molecule has 108 valence electrons. The van der Waals surface area contributed by atoms with Gasteiger partial charge in [-0.05, 0) is 60.4 Å². The summed E-state index contributed by atoms with van der Waals surface area (Å²) in [5, 5.41) is 1.29. The van der Waals surface area contributed by atoms with E-state index in [4.69, 9.17) is 0 Å². The molecule has 0 amide bonds. The molecular formula is C18H19BrN2. The second-order valence-corrected chi connectivity index (χ2v) is 6.60. The molecule has 0 aliphatic carbocycles. The van der Waals surface area contributed by atoms with E-state index in [-0.39, 0.29) is 0 Å². The Labute approximate surface area is 133 Å². The van der Waals surface area contributed by atoms with Crippen molar-refractivity contribution in [2.75, 3.05) is 19.0 Å². The highest BCUT2D eigenvalue weighted by molar-refractivity contribution is 9.10. The Morgan fingerprint density at radius 2 is 1.86 bits per heavy atom. The first kappa shape index (κ1) is 14.2. The third kappa shape index (κ3) is 2.84. The van der Waals surface area contributed by atoms with Gasteiger partial charge < -0.3 is 9.88 Å². The van der Waals surface area contributed by atoms with Gasteiger partial charge in [-0.3, -0.25) is 0 Å². The monoisotopic (exact) mass is 342 g/mol. The van der Waals surface area contributed by atoms with Gasteiger partial charge in [0, 0.05) is 41.4 Å². The SMILES string of the molecule is Cc1cc(N(C)C)ccc1Cc1c[nH]c2ccc(Br)cc12. The van der Waals surface area contributed by atoms with Crippen molar-refractivity contribution in [1.82, 2.24) is 4.98 Å². The van der Waals surface area contributed by atoms with Gasteiger partial charge in [-0.25, -0.2) is 0 Å². The number of H-pyrrole nitrogens is 1. The van der Waals surface area contributed by atoms with E-state index in [9.17, 15) is 0 Å². The van der Waals surface area contributed by atoms with Gasteiger partial charge in [-0.1, -0.05) is 22.0 Å². The second kappa shape index (κ2) is 5.57. The summed E-state index contributed by atoms with van der Waals surface area (Å²) in [5.74, 6) is 0. The minimum absolute atomic E-state index is 0.954. The Kier molecular flexibility index (Phi) is 3.77. The number of aryl methyl sites for hydroxylation is 1. The predicted molar refractivity (Wildman–Crippen MR) is 94.3 cm³/mol. The summed E-state index contributed by atoms with van der Waals surface area (Å²) in [6, 6.07) is 13.0. The lowest BCUT2D eigenvalue weighted by molar-refractivity contribution is 1.11. The molecule has 0 atom stereocenters. The first-order chi connectivity index (χ1) is 10.0. The van der Waals surface area contributed by atoms with E-state index in [2.05, 4.69) is 89.4 Å². The van der Waals surface area contributed by atoms with Crippen LogP contribution in [-0.2, 0) is 6.42 Å². The van der Waals surface area contributed by atoms with Crippen LogP contribution in [0.5, 0.6) is 0 Å². The van der Waals surface area contributed by atoms with E-state index in [1.807, 2.05) is 0 Å². The zero-order valence-electron chi connectivity index (χ0n) is 12.6. The number of aromatic amines is 1. The van der Waals surface area contributed by atoms with Gasteiger partial charge in [0.25, 0.3) is 0 Å². The smallest absolute Gasteiger partial charge is 0.0457 e. The number of anilines is 1. The minimum Gasteiger partial charge on any atom is -0.378 e. The summed E-state index contributed by atoms with van der Waals surface area (Å²) >= 11 is 3.56. The number of nitrogens with one attached hydrogen (secondary N) is 1. The number of nitrogens with zero attached hydrogens (tertiary/aromatic N) is 1. The van der Waals surface area contributed by atoms with E-state index < -0.39 is 0 Å². The Hall–Kier alpha value is -1.74. The van der Waals surface area contributed by atoms with Gasteiger partial charge in [0.1, 0.15) is 0 Å². The molecule has 0 fully saturated rings. The molecule has 3 heteroatoms. The van der Waals surface area contributed by atoms with Gasteiger partial charge in [-0.2, -0.15) is 0 Å². The van der Waals surface area contributed by atoms with Crippen molar-refractivity contribution in [3.05, 3.63) is 63.8 Å². The van der Waals surface area contributed by atoms with Crippen molar-refractivity contribution in [2.24, 2.45) is 0 Å². The molecule has 21 heavy (non-hydrogen) atoms. The van der Waals surface area contributed by atoms with Crippen LogP contribution in [0.1, 0.15) is 16.7 Å². The fraction of sp³-hybridized carbons (Fsp3) is 0.222. The maximum absolute atomic E-state index is 3.56. The van der Waals surface area contributed by atoms with Crippen molar-refractivity contribution < 1.29 is 0 Å². The lowest BCUT2D eigenvalue weighted by Gasteiger charge is -2.15. The summed E-state index contributed by atoms with van der Waals surface area (Å²) in [7, 11) is 4.15. The largest absolute Gasteiger partial charge is 0.378 e. The highest BCUT2D eigenvalue weighted by Crippen LogP contribution is 2.26. The maximum atomic E-state index is 3.56. The van der Waals surface area contributed by atoms with Crippen LogP contribution >= 0.6 is 15.9 Å². The van der Waals surface area contributed by atoms with Crippen LogP contribution in [0.3, 0.4) is 0 Å². The van der Waals surface area contributed by atoms with Crippen molar-refractivity contribution in [2.45, 2.75) is 13.3 Å². The molecule has 1 N–H and O–H groups in total. The van der Waals surface area contributed by atoms with Crippen molar-refractivity contribution in [3.8, 4) is 0 Å². The van der Waals surface area contributed by atoms with E-state index in [1.165, 1.54) is 33.3 Å². The Morgan fingerprint density at radius 1 is 1.05 bits per heavy atom. The van der Waals surface area contributed by atoms with E-state index >= 15 is 0 Å². The molecule has 0 spiro atoms. The first-order valence-corrected chi connectivity index (χ1v) is 7.86. The highest BCUT2D eigenvalue weighted by atomic mass is 79.9. The summed E-state index contributed by atoms with van der Waals surface area (Å²) in [5.41, 5.74) is 6.49. The highest BCUT2D eigenvalue weighted by Gasteiger charge is 2.08. The van der Waals surface area contributed by atoms with Crippen LogP contribution in [0.4, 0.5) is 5.69 Å². The molecule has 1 aromatic heterocycles. The molecule has 3 aromatic rings. The standard InChI is InChI=1S/C18H19BrN2/c1-12-8-16(21(2)3)6-4-13(12)9-14-11-20-18-7-5-15(19)10-17(14)18/h4-8,10-11,20H,9H2,1-3H3. The van der Waals surface area contributed by atoms with Gasteiger partial charge in [0.05, 0.1) is 0 Å². The van der Waals surface area contributed by atoms with Crippen LogP contribution in [0.2, 0.25) is 0 Å². The second-order valence-electron chi connectivity index (χ2n) is 5.69. The molecule has 3 rings (SSSR count). The number of hydrogen-bond donors (Lipinski definition) is 1. The predicted octanol–water partition coefficient (Wildman–Crippen LogP) is 4.90. The van der Waals surface area contributed by atoms with Crippen LogP contribution in [0.15, 0.2) is 47.1 Å². The fourth-order valence-electron chi connectivity index (χ4n) is 2.66. The zero-order chi connectivity index (χ0) is 15.0. The average Bonchev–Trinajstić information content (AvgIpc) is 2.83. The zero-order valence-corrected chi connectivity index (χ0v) is 14.2. The van der Waals surface area contributed by atoms with Crippen molar-refractivity contribution >= 4 is 32.5 Å². The fourth-order valence-corrected chi connectivity index (χ4v) is 3.02. The third-order valence-electron chi connectivity index (χ3n) is 3.95. The van der Waals surface area contributed by atoms with E-state index in [0.717, 1.165) is 10.9 Å². The van der Waals surface area contributed by atoms with Gasteiger partial charge in [0.15, 0.2) is 0 Å². The van der Waals surface area contributed by atoms with E-state index in [0.29, 0.717) is 0 Å². The minimum atomic E-state index is 0.954. The maximum Gasteiger partial charge on any atom is 0.0457 e. The van der Waals surface area contributed by atoms with E-state index in [1.54, 1.807) is 0 Å². The number of aromatic nitrogens is 1. The number of hydrogen-bond acceptors (Lipinski definition) is 1. The summed E-state index contributed by atoms with van der Waals surface area (Å²) < 4.78 is 1.12. The molecule has 2 aromatic carbocycles. The topological polar surface area (TPSA) is 19.0 Å². The normalized spacial score (nSPS) is 11.0. The summed E-state index contributed by atoms with van der Waals surface area (Å²) in [6.07, 6.45) is 3.08. The van der Waals surface area contributed by atoms with Crippen LogP contribution in [0, 0.1) is 6.92 Å². The van der Waals surface area contributed by atoms with Crippen LogP contribution in [0.25, 0.3) is 10.9 Å². The molecular weight excluding hydrogens is 324 g/mol. The van der Waals surface area contributed by atoms with Gasteiger partial charge in [-0.15, -0.1) is 0 Å². The molecule has 2 nitrogen and oxygen atoms in total. The molecule has 0 saturated heterocycles. The molecule has 1 heterocycles. The van der Waals surface area contributed by atoms with Gasteiger partial charge in [0.2, 0.25) is 0 Å². The Bertz CT molecular complexity index is 787. The molecule has 0 radical (unpaired) electrons. The summed E-state index contributed by atoms with van der Waals surface area (Å²) in [6.45, 7) is 2.19. The lowest BCUT2D eigenvalue weighted by Crippen LogP contribution is -2.09. The number of fused-ring (bicyclic) bond motifs is 1. The quantitative estimate of drug-likeness (QED) is 0.717. The molecule has 0 bridgehead atoms. The van der Waals surface area contributed by atoms with Crippen molar-refractivity contribution in [1.29, 1.82) is 0 Å². The molecule has 0 aliphatic heterocycles. The number of halogens is 1.